The summed E-state index contributed by atoms with van der Waals surface area (Å²) in [5.41, 5.74) is 0.838. The topological polar surface area (TPSA) is 73.8 Å². The second-order valence-corrected chi connectivity index (χ2v) is 10.7. The van der Waals surface area contributed by atoms with Crippen LogP contribution in [0.15, 0.2) is 52.8 Å². The third-order valence-corrected chi connectivity index (χ3v) is 7.72. The van der Waals surface area contributed by atoms with Crippen molar-refractivity contribution in [2.45, 2.75) is 38.0 Å². The number of nitrogens with one attached hydrogen (secondary N) is 2. The maximum Gasteiger partial charge on any atom is 0.191 e. The van der Waals surface area contributed by atoms with Crippen LogP contribution in [0.3, 0.4) is 0 Å². The highest BCUT2D eigenvalue weighted by Gasteiger charge is 2.20. The summed E-state index contributed by atoms with van der Waals surface area (Å²) in [4.78, 5) is 7.04. The van der Waals surface area contributed by atoms with E-state index in [1.807, 2.05) is 37.3 Å². The van der Waals surface area contributed by atoms with Crippen LogP contribution in [0.5, 0.6) is 0 Å². The minimum Gasteiger partial charge on any atom is -0.363 e. The summed E-state index contributed by atoms with van der Waals surface area (Å²) in [6.07, 6.45) is 2.66. The minimum atomic E-state index is -3.11. The van der Waals surface area contributed by atoms with Crippen molar-refractivity contribution in [2.24, 2.45) is 4.99 Å². The molecular weight excluding hydrogens is 543 g/mol. The molecular formula is C22H33IN4O2S2. The number of hydrogen-bond donors (Lipinski definition) is 2. The Kier molecular flexibility index (Phi) is 11.1. The summed E-state index contributed by atoms with van der Waals surface area (Å²) in [6.45, 7) is 5.40. The molecule has 172 valence electrons. The van der Waals surface area contributed by atoms with Crippen molar-refractivity contribution in [1.82, 2.24) is 10.6 Å². The highest BCUT2D eigenvalue weighted by atomic mass is 127. The van der Waals surface area contributed by atoms with E-state index in [1.165, 1.54) is 5.00 Å². The van der Waals surface area contributed by atoms with E-state index >= 15 is 0 Å². The predicted molar refractivity (Wildman–Crippen MR) is 143 cm³/mol. The molecule has 9 heteroatoms. The Balaban J connectivity index is 0.00000341. The van der Waals surface area contributed by atoms with Gasteiger partial charge < -0.3 is 15.5 Å². The van der Waals surface area contributed by atoms with Gasteiger partial charge in [-0.1, -0.05) is 30.3 Å². The molecule has 0 amide bonds. The highest BCUT2D eigenvalue weighted by Crippen LogP contribution is 2.24. The van der Waals surface area contributed by atoms with Crippen LogP contribution in [0.25, 0.3) is 0 Å². The zero-order chi connectivity index (χ0) is 21.2. The number of halogens is 1. The zero-order valence-corrected chi connectivity index (χ0v) is 22.0. The average Bonchev–Trinajstić information content (AvgIpc) is 3.27. The number of sulfone groups is 1. The van der Waals surface area contributed by atoms with Gasteiger partial charge in [-0.15, -0.1) is 35.3 Å². The van der Waals surface area contributed by atoms with Crippen LogP contribution in [0, 0.1) is 0 Å². The third kappa shape index (κ3) is 8.97. The summed E-state index contributed by atoms with van der Waals surface area (Å²) in [7, 11) is -3.11. The van der Waals surface area contributed by atoms with E-state index < -0.39 is 9.84 Å². The van der Waals surface area contributed by atoms with Crippen molar-refractivity contribution >= 4 is 56.1 Å². The number of thiophene rings is 1. The molecule has 0 atom stereocenters. The number of rotatable bonds is 9. The van der Waals surface area contributed by atoms with Crippen LogP contribution in [-0.2, 0) is 15.6 Å². The Bertz CT molecular complexity index is 881. The van der Waals surface area contributed by atoms with Crippen molar-refractivity contribution in [3.05, 3.63) is 53.4 Å². The normalized spacial score (nSPS) is 15.4. The third-order valence-electron chi connectivity index (χ3n) is 5.11. The summed E-state index contributed by atoms with van der Waals surface area (Å²) in [6, 6.07) is 14.0. The van der Waals surface area contributed by atoms with Gasteiger partial charge in [0.15, 0.2) is 15.8 Å². The molecule has 31 heavy (non-hydrogen) atoms. The van der Waals surface area contributed by atoms with Crippen LogP contribution < -0.4 is 15.5 Å². The molecule has 1 fully saturated rings. The monoisotopic (exact) mass is 576 g/mol. The lowest BCUT2D eigenvalue weighted by molar-refractivity contribution is 0.463. The van der Waals surface area contributed by atoms with Crippen molar-refractivity contribution in [2.75, 3.05) is 36.8 Å². The first-order valence-electron chi connectivity index (χ1n) is 10.6. The Morgan fingerprint density at radius 1 is 1.16 bits per heavy atom. The molecule has 2 aromatic rings. The van der Waals surface area contributed by atoms with Gasteiger partial charge in [-0.3, -0.25) is 4.99 Å². The lowest BCUT2D eigenvalue weighted by atomic mass is 10.1. The van der Waals surface area contributed by atoms with E-state index in [0.29, 0.717) is 19.0 Å². The maximum absolute atomic E-state index is 12.3. The van der Waals surface area contributed by atoms with Crippen molar-refractivity contribution in [1.29, 1.82) is 0 Å². The molecule has 1 aliphatic rings. The lowest BCUT2D eigenvalue weighted by Gasteiger charge is -2.33. The Labute approximate surface area is 207 Å². The maximum atomic E-state index is 12.3. The molecule has 0 unspecified atom stereocenters. The first kappa shape index (κ1) is 25.9. The molecule has 0 saturated carbocycles. The fraction of sp³-hybridized carbons (Fsp3) is 0.500. The van der Waals surface area contributed by atoms with Gasteiger partial charge in [-0.05, 0) is 49.3 Å². The number of piperidine rings is 1. The molecule has 1 saturated heterocycles. The molecule has 0 spiro atoms. The van der Waals surface area contributed by atoms with E-state index in [1.54, 1.807) is 11.3 Å². The van der Waals surface area contributed by atoms with Gasteiger partial charge in [-0.25, -0.2) is 8.42 Å². The molecule has 1 aliphatic heterocycles. The smallest absolute Gasteiger partial charge is 0.191 e. The number of guanidine groups is 1. The van der Waals surface area contributed by atoms with Gasteiger partial charge in [0.2, 0.25) is 0 Å². The predicted octanol–water partition coefficient (Wildman–Crippen LogP) is 3.90. The SMILES string of the molecule is CCNC(=NCCCS(=O)(=O)Cc1ccccc1)NC1CCN(c2cccs2)CC1.I. The Morgan fingerprint density at radius 2 is 1.90 bits per heavy atom. The minimum absolute atomic E-state index is 0. The molecule has 2 heterocycles. The van der Waals surface area contributed by atoms with Gasteiger partial charge in [-0.2, -0.15) is 0 Å². The fourth-order valence-corrected chi connectivity index (χ4v) is 5.78. The Morgan fingerprint density at radius 3 is 2.55 bits per heavy atom. The van der Waals surface area contributed by atoms with Gasteiger partial charge in [0, 0.05) is 32.2 Å². The first-order valence-corrected chi connectivity index (χ1v) is 13.3. The van der Waals surface area contributed by atoms with Crippen molar-refractivity contribution < 1.29 is 8.42 Å². The van der Waals surface area contributed by atoms with Crippen molar-refractivity contribution in [3.63, 3.8) is 0 Å². The number of aliphatic imine (C=N–C) groups is 1. The standard InChI is InChI=1S/C22H32N4O2S2.HI/c1-2-23-22(25-20-11-14-26(15-12-20)21-10-6-16-29-21)24-13-7-17-30(27,28)18-19-8-4-3-5-9-19;/h3-6,8-10,16,20H,2,7,11-15,17-18H2,1H3,(H2,23,24,25);1H. The number of anilines is 1. The van der Waals surface area contributed by atoms with E-state index in [4.69, 9.17) is 0 Å². The molecule has 1 aromatic heterocycles. The van der Waals surface area contributed by atoms with Crippen molar-refractivity contribution in [3.8, 4) is 0 Å². The summed E-state index contributed by atoms with van der Waals surface area (Å²) in [5, 5.41) is 10.3. The average molecular weight is 577 g/mol. The van der Waals surface area contributed by atoms with E-state index in [0.717, 1.165) is 44.0 Å². The molecule has 2 N–H and O–H groups in total. The van der Waals surface area contributed by atoms with Gasteiger partial charge in [0.05, 0.1) is 16.5 Å². The second kappa shape index (κ2) is 13.3. The summed E-state index contributed by atoms with van der Waals surface area (Å²) in [5.74, 6) is 1.04. The fourth-order valence-electron chi connectivity index (χ4n) is 3.58. The number of benzene rings is 1. The van der Waals surface area contributed by atoms with Crippen LogP contribution in [0.2, 0.25) is 0 Å². The lowest BCUT2D eigenvalue weighted by Crippen LogP contribution is -2.48. The Hall–Kier alpha value is -1.33. The van der Waals surface area contributed by atoms with Crippen LogP contribution >= 0.6 is 35.3 Å². The van der Waals surface area contributed by atoms with Crippen LogP contribution in [0.1, 0.15) is 31.7 Å². The highest BCUT2D eigenvalue weighted by molar-refractivity contribution is 14.0. The molecule has 3 rings (SSSR count). The number of hydrogen-bond acceptors (Lipinski definition) is 5. The molecule has 0 radical (unpaired) electrons. The summed E-state index contributed by atoms with van der Waals surface area (Å²) < 4.78 is 24.7. The molecule has 0 aliphatic carbocycles. The molecule has 0 bridgehead atoms. The van der Waals surface area contributed by atoms with E-state index in [-0.39, 0.29) is 35.5 Å². The first-order chi connectivity index (χ1) is 14.6. The molecule has 1 aromatic carbocycles. The van der Waals surface area contributed by atoms with E-state index in [9.17, 15) is 8.42 Å². The number of nitrogens with zero attached hydrogens (tertiary/aromatic N) is 2. The summed E-state index contributed by atoms with van der Waals surface area (Å²) >= 11 is 1.79. The van der Waals surface area contributed by atoms with E-state index in [2.05, 4.69) is 38.0 Å². The zero-order valence-electron chi connectivity index (χ0n) is 18.0. The second-order valence-electron chi connectivity index (χ2n) is 7.55. The van der Waals surface area contributed by atoms with Crippen LogP contribution in [-0.4, -0.2) is 52.4 Å². The largest absolute Gasteiger partial charge is 0.363 e. The molecule has 6 nitrogen and oxygen atoms in total. The van der Waals surface area contributed by atoms with Gasteiger partial charge in [0.25, 0.3) is 0 Å². The van der Waals surface area contributed by atoms with Gasteiger partial charge >= 0.3 is 0 Å². The van der Waals surface area contributed by atoms with Crippen LogP contribution in [0.4, 0.5) is 5.00 Å². The van der Waals surface area contributed by atoms with Gasteiger partial charge in [0.1, 0.15) is 0 Å². The quantitative estimate of drug-likeness (QED) is 0.205.